The first-order valence-electron chi connectivity index (χ1n) is 6.51. The van der Waals surface area contributed by atoms with Gasteiger partial charge in [0, 0.05) is 0 Å². The maximum Gasteiger partial charge on any atom is 0.149 e. The SMILES string of the molecule is COC1=C(OC)C2C(OC)=C(OC)C1c1ccccc12. The molecule has 1 aromatic rings. The largest absolute Gasteiger partial charge is 0.496 e. The number of hydrogen-bond acceptors (Lipinski definition) is 4. The first-order valence-corrected chi connectivity index (χ1v) is 6.51. The van der Waals surface area contributed by atoms with E-state index in [0.29, 0.717) is 0 Å². The third-order valence-electron chi connectivity index (χ3n) is 4.03. The molecule has 0 atom stereocenters. The normalized spacial score (nSPS) is 23.6. The molecule has 0 amide bonds. The van der Waals surface area contributed by atoms with Gasteiger partial charge in [0.1, 0.15) is 34.9 Å². The molecule has 0 N–H and O–H groups in total. The summed E-state index contributed by atoms with van der Waals surface area (Å²) >= 11 is 0. The molecular weight excluding hydrogens is 256 g/mol. The lowest BCUT2D eigenvalue weighted by Gasteiger charge is -2.40. The van der Waals surface area contributed by atoms with Crippen molar-refractivity contribution in [2.75, 3.05) is 28.4 Å². The van der Waals surface area contributed by atoms with Crippen LogP contribution >= 0.6 is 0 Å². The van der Waals surface area contributed by atoms with Gasteiger partial charge in [-0.2, -0.15) is 0 Å². The molecule has 0 spiro atoms. The summed E-state index contributed by atoms with van der Waals surface area (Å²) in [7, 11) is 6.66. The molecule has 4 heteroatoms. The van der Waals surface area contributed by atoms with E-state index in [9.17, 15) is 0 Å². The van der Waals surface area contributed by atoms with Crippen LogP contribution in [0, 0.1) is 0 Å². The Morgan fingerprint density at radius 1 is 0.600 bits per heavy atom. The quantitative estimate of drug-likeness (QED) is 0.846. The van der Waals surface area contributed by atoms with Gasteiger partial charge in [-0.05, 0) is 11.1 Å². The van der Waals surface area contributed by atoms with Crippen LogP contribution in [0.5, 0.6) is 0 Å². The van der Waals surface area contributed by atoms with Crippen molar-refractivity contribution >= 4 is 0 Å². The molecule has 0 radical (unpaired) electrons. The average molecular weight is 274 g/mol. The Morgan fingerprint density at radius 3 is 1.15 bits per heavy atom. The summed E-state index contributed by atoms with van der Waals surface area (Å²) in [6, 6.07) is 8.26. The standard InChI is InChI=1S/C16H18O4/c1-17-13-11-9-7-5-6-8-10(9)12(14(13)18-2)16(20-4)15(11)19-3/h5-8,11-12H,1-4H3. The second-order valence-electron chi connectivity index (χ2n) is 4.77. The summed E-state index contributed by atoms with van der Waals surface area (Å²) in [5.41, 5.74) is 2.38. The molecule has 3 aliphatic rings. The number of rotatable bonds is 4. The van der Waals surface area contributed by atoms with Gasteiger partial charge in [0.15, 0.2) is 0 Å². The van der Waals surface area contributed by atoms with Crippen LogP contribution in [0.2, 0.25) is 0 Å². The molecule has 0 fully saturated rings. The Labute approximate surface area is 118 Å². The Morgan fingerprint density at radius 2 is 0.900 bits per heavy atom. The van der Waals surface area contributed by atoms with E-state index in [2.05, 4.69) is 12.1 Å². The van der Waals surface area contributed by atoms with E-state index in [1.54, 1.807) is 28.4 Å². The minimum absolute atomic E-state index is 0.101. The van der Waals surface area contributed by atoms with Crippen LogP contribution in [-0.2, 0) is 18.9 Å². The summed E-state index contributed by atoms with van der Waals surface area (Å²) < 4.78 is 22.4. The highest BCUT2D eigenvalue weighted by atomic mass is 16.5. The predicted molar refractivity (Wildman–Crippen MR) is 74.0 cm³/mol. The molecule has 1 aromatic carbocycles. The van der Waals surface area contributed by atoms with Crippen molar-refractivity contribution in [3.05, 3.63) is 58.4 Å². The molecule has 0 aromatic heterocycles. The number of ether oxygens (including phenoxy) is 4. The highest BCUT2D eigenvalue weighted by Gasteiger charge is 2.48. The molecule has 4 nitrogen and oxygen atoms in total. The minimum Gasteiger partial charge on any atom is -0.496 e. The zero-order valence-corrected chi connectivity index (χ0v) is 12.1. The first-order chi connectivity index (χ1) is 9.78. The first kappa shape index (κ1) is 12.9. The maximum absolute atomic E-state index is 5.60. The lowest BCUT2D eigenvalue weighted by Crippen LogP contribution is -2.31. The second-order valence-corrected chi connectivity index (χ2v) is 4.77. The molecule has 3 aliphatic carbocycles. The van der Waals surface area contributed by atoms with Crippen molar-refractivity contribution in [3.8, 4) is 0 Å². The lowest BCUT2D eigenvalue weighted by molar-refractivity contribution is 0.120. The van der Waals surface area contributed by atoms with Gasteiger partial charge in [-0.15, -0.1) is 0 Å². The molecule has 0 heterocycles. The Bertz CT molecular complexity index is 519. The van der Waals surface area contributed by atoms with Crippen LogP contribution < -0.4 is 0 Å². The molecule has 0 unspecified atom stereocenters. The van der Waals surface area contributed by atoms with Gasteiger partial charge in [0.25, 0.3) is 0 Å². The zero-order chi connectivity index (χ0) is 14.3. The Hall–Kier alpha value is -2.10. The van der Waals surface area contributed by atoms with Crippen molar-refractivity contribution in [2.24, 2.45) is 0 Å². The van der Waals surface area contributed by atoms with E-state index in [1.807, 2.05) is 12.1 Å². The van der Waals surface area contributed by atoms with Crippen LogP contribution in [-0.4, -0.2) is 28.4 Å². The molecule has 2 bridgehead atoms. The topological polar surface area (TPSA) is 36.9 Å². The number of benzene rings is 1. The monoisotopic (exact) mass is 274 g/mol. The van der Waals surface area contributed by atoms with E-state index >= 15 is 0 Å². The summed E-state index contributed by atoms with van der Waals surface area (Å²) in [5, 5.41) is 0. The van der Waals surface area contributed by atoms with E-state index in [-0.39, 0.29) is 11.8 Å². The van der Waals surface area contributed by atoms with Crippen LogP contribution in [0.25, 0.3) is 0 Å². The van der Waals surface area contributed by atoms with E-state index in [0.717, 1.165) is 23.0 Å². The minimum atomic E-state index is -0.101. The molecule has 0 aliphatic heterocycles. The van der Waals surface area contributed by atoms with Gasteiger partial charge in [-0.3, -0.25) is 0 Å². The van der Waals surface area contributed by atoms with E-state index in [1.165, 1.54) is 11.1 Å². The van der Waals surface area contributed by atoms with Crippen LogP contribution in [0.4, 0.5) is 0 Å². The average Bonchev–Trinajstić information content (AvgIpc) is 2.52. The smallest absolute Gasteiger partial charge is 0.149 e. The summed E-state index contributed by atoms with van der Waals surface area (Å²) in [6.45, 7) is 0. The fraction of sp³-hybridized carbons (Fsp3) is 0.375. The third-order valence-corrected chi connectivity index (χ3v) is 4.03. The van der Waals surface area contributed by atoms with Crippen molar-refractivity contribution in [1.82, 2.24) is 0 Å². The van der Waals surface area contributed by atoms with Crippen molar-refractivity contribution in [1.29, 1.82) is 0 Å². The maximum atomic E-state index is 5.60. The third kappa shape index (κ3) is 1.48. The van der Waals surface area contributed by atoms with Gasteiger partial charge in [0.2, 0.25) is 0 Å². The molecule has 0 saturated heterocycles. The van der Waals surface area contributed by atoms with E-state index < -0.39 is 0 Å². The highest BCUT2D eigenvalue weighted by Crippen LogP contribution is 2.55. The Balaban J connectivity index is 2.28. The Kier molecular flexibility index (Phi) is 3.08. The fourth-order valence-electron chi connectivity index (χ4n) is 3.28. The van der Waals surface area contributed by atoms with Gasteiger partial charge in [-0.1, -0.05) is 24.3 Å². The van der Waals surface area contributed by atoms with Crippen molar-refractivity contribution in [3.63, 3.8) is 0 Å². The summed E-state index contributed by atoms with van der Waals surface area (Å²) in [5.74, 6) is 3.00. The summed E-state index contributed by atoms with van der Waals surface area (Å²) in [4.78, 5) is 0. The van der Waals surface area contributed by atoms with Gasteiger partial charge in [-0.25, -0.2) is 0 Å². The lowest BCUT2D eigenvalue weighted by atomic mass is 9.71. The highest BCUT2D eigenvalue weighted by molar-refractivity contribution is 5.57. The van der Waals surface area contributed by atoms with Gasteiger partial charge < -0.3 is 18.9 Å². The van der Waals surface area contributed by atoms with Crippen molar-refractivity contribution < 1.29 is 18.9 Å². The molecule has 4 rings (SSSR count). The zero-order valence-electron chi connectivity index (χ0n) is 12.1. The number of methoxy groups -OCH3 is 4. The number of hydrogen-bond donors (Lipinski definition) is 0. The second kappa shape index (κ2) is 4.78. The molecule has 20 heavy (non-hydrogen) atoms. The van der Waals surface area contributed by atoms with E-state index in [4.69, 9.17) is 18.9 Å². The fourth-order valence-corrected chi connectivity index (χ4v) is 3.28. The van der Waals surface area contributed by atoms with Crippen LogP contribution in [0.1, 0.15) is 23.0 Å². The summed E-state index contributed by atoms with van der Waals surface area (Å²) in [6.07, 6.45) is 0. The van der Waals surface area contributed by atoms with Crippen molar-refractivity contribution in [2.45, 2.75) is 11.8 Å². The molecule has 106 valence electrons. The molecule has 0 saturated carbocycles. The predicted octanol–water partition coefficient (Wildman–Crippen LogP) is 2.89. The molecular formula is C16H18O4. The van der Waals surface area contributed by atoms with Gasteiger partial charge in [0.05, 0.1) is 28.4 Å². The van der Waals surface area contributed by atoms with Crippen LogP contribution in [0.15, 0.2) is 47.3 Å². The van der Waals surface area contributed by atoms with Gasteiger partial charge >= 0.3 is 0 Å². The van der Waals surface area contributed by atoms with Crippen LogP contribution in [0.3, 0.4) is 0 Å².